The molecule has 1 fully saturated rings. The lowest BCUT2D eigenvalue weighted by atomic mass is 10.2. The van der Waals surface area contributed by atoms with E-state index in [1.54, 1.807) is 29.2 Å². The molecule has 5 nitrogen and oxygen atoms in total. The Labute approximate surface area is 124 Å². The van der Waals surface area contributed by atoms with Gasteiger partial charge in [-0.15, -0.1) is 0 Å². The zero-order valence-electron chi connectivity index (χ0n) is 11.7. The van der Waals surface area contributed by atoms with E-state index in [0.717, 1.165) is 6.54 Å². The molecule has 1 saturated heterocycles. The number of carbonyl (C=O) groups is 1. The first-order valence-electron chi connectivity index (χ1n) is 6.61. The molecule has 1 aromatic carbocycles. The van der Waals surface area contributed by atoms with E-state index in [4.69, 9.17) is 11.6 Å². The minimum atomic E-state index is -0.454. The van der Waals surface area contributed by atoms with Crippen LogP contribution >= 0.6 is 11.6 Å². The van der Waals surface area contributed by atoms with Crippen molar-refractivity contribution in [2.75, 3.05) is 32.5 Å². The van der Waals surface area contributed by atoms with Gasteiger partial charge in [0.05, 0.1) is 6.10 Å². The molecule has 0 radical (unpaired) electrons. The zero-order chi connectivity index (χ0) is 14.7. The lowest BCUT2D eigenvalue weighted by Crippen LogP contribution is -2.43. The normalized spacial score (nSPS) is 22.4. The van der Waals surface area contributed by atoms with Gasteiger partial charge in [-0.05, 0) is 38.7 Å². The molecule has 0 bridgehead atoms. The van der Waals surface area contributed by atoms with Gasteiger partial charge in [0.15, 0.2) is 0 Å². The number of carbonyl (C=O) groups excluding carboxylic acids is 1. The Balaban J connectivity index is 2.03. The van der Waals surface area contributed by atoms with Gasteiger partial charge in [0.25, 0.3) is 0 Å². The van der Waals surface area contributed by atoms with Crippen LogP contribution in [0.15, 0.2) is 24.3 Å². The Kier molecular flexibility index (Phi) is 4.86. The number of aliphatic hydroxyl groups is 1. The van der Waals surface area contributed by atoms with Crippen LogP contribution in [0.4, 0.5) is 10.5 Å². The van der Waals surface area contributed by atoms with Crippen LogP contribution in [0.1, 0.15) is 6.42 Å². The summed E-state index contributed by atoms with van der Waals surface area (Å²) >= 11 is 5.90. The highest BCUT2D eigenvalue weighted by Crippen LogP contribution is 2.21. The van der Waals surface area contributed by atoms with Crippen LogP contribution in [0.2, 0.25) is 5.02 Å². The fraction of sp³-hybridized carbons (Fsp3) is 0.500. The third-order valence-corrected chi connectivity index (χ3v) is 3.54. The summed E-state index contributed by atoms with van der Waals surface area (Å²) in [5, 5.41) is 13.2. The zero-order valence-corrected chi connectivity index (χ0v) is 12.5. The summed E-state index contributed by atoms with van der Waals surface area (Å²) in [5.41, 5.74) is 0.660. The van der Waals surface area contributed by atoms with E-state index in [-0.39, 0.29) is 12.1 Å². The first-order chi connectivity index (χ1) is 9.45. The smallest absolute Gasteiger partial charge is 0.322 e. The maximum atomic E-state index is 12.3. The molecule has 0 spiro atoms. The highest BCUT2D eigenvalue weighted by atomic mass is 35.5. The molecular formula is C14H20ClN3O2. The number of nitrogens with zero attached hydrogens (tertiary/aromatic N) is 2. The molecular weight excluding hydrogens is 278 g/mol. The van der Waals surface area contributed by atoms with E-state index < -0.39 is 6.10 Å². The van der Waals surface area contributed by atoms with E-state index in [1.807, 2.05) is 19.0 Å². The van der Waals surface area contributed by atoms with Crippen molar-refractivity contribution in [2.24, 2.45) is 0 Å². The Morgan fingerprint density at radius 2 is 2.30 bits per heavy atom. The van der Waals surface area contributed by atoms with E-state index in [9.17, 15) is 9.90 Å². The molecule has 0 aliphatic carbocycles. The molecule has 2 atom stereocenters. The number of rotatable bonds is 3. The average Bonchev–Trinajstić information content (AvgIpc) is 2.69. The second kappa shape index (κ2) is 6.43. The molecule has 2 rings (SSSR count). The number of halogens is 1. The third-order valence-electron chi connectivity index (χ3n) is 3.31. The number of β-amino-alcohol motifs (C(OH)–C–C–N with tert-alkyl or cyclic N) is 1. The molecule has 2 N–H and O–H groups in total. The fourth-order valence-corrected chi connectivity index (χ4v) is 2.69. The first-order valence-corrected chi connectivity index (χ1v) is 6.99. The van der Waals surface area contributed by atoms with E-state index in [1.165, 1.54) is 0 Å². The number of likely N-dealkylation sites (N-methyl/N-ethyl adjacent to an activating group) is 1. The maximum Gasteiger partial charge on any atom is 0.322 e. The van der Waals surface area contributed by atoms with E-state index in [0.29, 0.717) is 23.7 Å². The van der Waals surface area contributed by atoms with Crippen LogP contribution in [0, 0.1) is 0 Å². The average molecular weight is 298 g/mol. The van der Waals surface area contributed by atoms with E-state index >= 15 is 0 Å². The molecule has 6 heteroatoms. The molecule has 110 valence electrons. The molecule has 0 aromatic heterocycles. The van der Waals surface area contributed by atoms with Crippen molar-refractivity contribution in [3.8, 4) is 0 Å². The lowest BCUT2D eigenvalue weighted by Gasteiger charge is -2.27. The van der Waals surface area contributed by atoms with Gasteiger partial charge in [0, 0.05) is 29.8 Å². The molecule has 1 heterocycles. The van der Waals surface area contributed by atoms with Crippen molar-refractivity contribution >= 4 is 23.3 Å². The standard InChI is InChI=1S/C14H20ClN3O2/c1-17(2)8-12-7-13(19)9-18(12)14(20)16-11-5-3-4-10(15)6-11/h3-6,12-13,19H,7-9H2,1-2H3,(H,16,20). The van der Waals surface area contributed by atoms with Gasteiger partial charge < -0.3 is 20.2 Å². The predicted molar refractivity (Wildman–Crippen MR) is 80.1 cm³/mol. The lowest BCUT2D eigenvalue weighted by molar-refractivity contribution is 0.174. The predicted octanol–water partition coefficient (Wildman–Crippen LogP) is 1.87. The van der Waals surface area contributed by atoms with Crippen LogP contribution in [-0.2, 0) is 0 Å². The number of anilines is 1. The molecule has 1 aliphatic heterocycles. The van der Waals surface area contributed by atoms with Crippen LogP contribution < -0.4 is 5.32 Å². The molecule has 2 amide bonds. The van der Waals surface area contributed by atoms with Crippen molar-refractivity contribution < 1.29 is 9.90 Å². The summed E-state index contributed by atoms with van der Waals surface area (Å²) < 4.78 is 0. The van der Waals surface area contributed by atoms with Gasteiger partial charge in [0.2, 0.25) is 0 Å². The Hall–Kier alpha value is -1.30. The number of benzene rings is 1. The molecule has 1 aliphatic rings. The number of hydrogen-bond donors (Lipinski definition) is 2. The molecule has 20 heavy (non-hydrogen) atoms. The van der Waals surface area contributed by atoms with Gasteiger partial charge in [-0.2, -0.15) is 0 Å². The summed E-state index contributed by atoms with van der Waals surface area (Å²) in [5.74, 6) is 0. The largest absolute Gasteiger partial charge is 0.391 e. The summed E-state index contributed by atoms with van der Waals surface area (Å²) in [6.45, 7) is 1.10. The number of hydrogen-bond acceptors (Lipinski definition) is 3. The minimum Gasteiger partial charge on any atom is -0.391 e. The van der Waals surface area contributed by atoms with Gasteiger partial charge >= 0.3 is 6.03 Å². The van der Waals surface area contributed by atoms with Crippen molar-refractivity contribution in [1.29, 1.82) is 0 Å². The molecule has 2 unspecified atom stereocenters. The number of aliphatic hydroxyl groups excluding tert-OH is 1. The number of urea groups is 1. The quantitative estimate of drug-likeness (QED) is 0.895. The van der Waals surface area contributed by atoms with E-state index in [2.05, 4.69) is 5.32 Å². The Bertz CT molecular complexity index is 481. The Morgan fingerprint density at radius 3 is 2.95 bits per heavy atom. The SMILES string of the molecule is CN(C)CC1CC(O)CN1C(=O)Nc1cccc(Cl)c1. The first kappa shape index (κ1) is 15.1. The second-order valence-corrected chi connectivity index (χ2v) is 5.83. The number of likely N-dealkylation sites (tertiary alicyclic amines) is 1. The maximum absolute atomic E-state index is 12.3. The van der Waals surface area contributed by atoms with Crippen molar-refractivity contribution in [3.63, 3.8) is 0 Å². The van der Waals surface area contributed by atoms with Crippen molar-refractivity contribution in [3.05, 3.63) is 29.3 Å². The topological polar surface area (TPSA) is 55.8 Å². The molecule has 0 saturated carbocycles. The van der Waals surface area contributed by atoms with Gasteiger partial charge in [0.1, 0.15) is 0 Å². The summed E-state index contributed by atoms with van der Waals surface area (Å²) in [6, 6.07) is 6.86. The molecule has 1 aromatic rings. The van der Waals surface area contributed by atoms with Crippen LogP contribution in [0.5, 0.6) is 0 Å². The number of nitrogens with one attached hydrogen (secondary N) is 1. The Morgan fingerprint density at radius 1 is 1.55 bits per heavy atom. The van der Waals surface area contributed by atoms with Crippen LogP contribution in [-0.4, -0.2) is 60.3 Å². The highest BCUT2D eigenvalue weighted by Gasteiger charge is 2.34. The number of amides is 2. The van der Waals surface area contributed by atoms with Gasteiger partial charge in [-0.1, -0.05) is 17.7 Å². The summed E-state index contributed by atoms with van der Waals surface area (Å²) in [7, 11) is 3.91. The van der Waals surface area contributed by atoms with Crippen LogP contribution in [0.3, 0.4) is 0 Å². The fourth-order valence-electron chi connectivity index (χ4n) is 2.50. The van der Waals surface area contributed by atoms with Crippen molar-refractivity contribution in [2.45, 2.75) is 18.6 Å². The summed E-state index contributed by atoms with van der Waals surface area (Å²) in [6.07, 6.45) is 0.159. The van der Waals surface area contributed by atoms with Gasteiger partial charge in [-0.25, -0.2) is 4.79 Å². The minimum absolute atomic E-state index is 0.0270. The monoisotopic (exact) mass is 297 g/mol. The third kappa shape index (κ3) is 3.85. The van der Waals surface area contributed by atoms with Crippen LogP contribution in [0.25, 0.3) is 0 Å². The highest BCUT2D eigenvalue weighted by molar-refractivity contribution is 6.30. The van der Waals surface area contributed by atoms with Crippen molar-refractivity contribution in [1.82, 2.24) is 9.80 Å². The second-order valence-electron chi connectivity index (χ2n) is 5.40. The van der Waals surface area contributed by atoms with Gasteiger partial charge in [-0.3, -0.25) is 0 Å². The summed E-state index contributed by atoms with van der Waals surface area (Å²) in [4.78, 5) is 16.0.